The molecule has 0 unspecified atom stereocenters. The van der Waals surface area contributed by atoms with Crippen LogP contribution < -0.4 is 5.73 Å². The molecular weight excluding hydrogens is 162 g/mol. The Morgan fingerprint density at radius 3 is 3.15 bits per heavy atom. The summed E-state index contributed by atoms with van der Waals surface area (Å²) in [6.45, 7) is 5.44. The third kappa shape index (κ3) is 1.48. The number of nitrogens with two attached hydrogens (primary N) is 1. The molecule has 0 saturated heterocycles. The van der Waals surface area contributed by atoms with Crippen molar-refractivity contribution in [2.75, 3.05) is 0 Å². The minimum Gasteiger partial charge on any atom is -0.324 e. The predicted octanol–water partition coefficient (Wildman–Crippen LogP) is 1.49. The molecule has 1 aliphatic rings. The molecule has 2 N–H and O–H groups in total. The second kappa shape index (κ2) is 3.14. The first-order chi connectivity index (χ1) is 6.18. The van der Waals surface area contributed by atoms with Gasteiger partial charge in [-0.3, -0.25) is 4.68 Å². The van der Waals surface area contributed by atoms with Crippen LogP contribution in [-0.4, -0.2) is 9.78 Å². The molecule has 1 aromatic heterocycles. The van der Waals surface area contributed by atoms with E-state index >= 15 is 0 Å². The van der Waals surface area contributed by atoms with Crippen molar-refractivity contribution < 1.29 is 0 Å². The van der Waals surface area contributed by atoms with Gasteiger partial charge in [-0.25, -0.2) is 0 Å². The summed E-state index contributed by atoms with van der Waals surface area (Å²) in [4.78, 5) is 0. The van der Waals surface area contributed by atoms with E-state index in [9.17, 15) is 0 Å². The van der Waals surface area contributed by atoms with Crippen molar-refractivity contribution in [1.29, 1.82) is 0 Å². The summed E-state index contributed by atoms with van der Waals surface area (Å²) in [6, 6.07) is 0.232. The first-order valence-corrected chi connectivity index (χ1v) is 4.98. The maximum atomic E-state index is 5.94. The van der Waals surface area contributed by atoms with Gasteiger partial charge >= 0.3 is 0 Å². The fourth-order valence-electron chi connectivity index (χ4n) is 1.96. The fourth-order valence-corrected chi connectivity index (χ4v) is 1.96. The van der Waals surface area contributed by atoms with Gasteiger partial charge in [0.05, 0.1) is 6.20 Å². The average Bonchev–Trinajstić information content (AvgIpc) is 2.56. The van der Waals surface area contributed by atoms with E-state index in [1.54, 1.807) is 0 Å². The van der Waals surface area contributed by atoms with E-state index in [2.05, 4.69) is 23.6 Å². The molecular formula is C10H17N3. The number of fused-ring (bicyclic) bond motifs is 1. The Morgan fingerprint density at radius 1 is 1.69 bits per heavy atom. The Balaban J connectivity index is 2.25. The largest absolute Gasteiger partial charge is 0.324 e. The van der Waals surface area contributed by atoms with Crippen LogP contribution in [0.2, 0.25) is 0 Å². The zero-order valence-electron chi connectivity index (χ0n) is 8.33. The topological polar surface area (TPSA) is 43.8 Å². The summed E-state index contributed by atoms with van der Waals surface area (Å²) in [5.41, 5.74) is 8.56. The zero-order chi connectivity index (χ0) is 9.42. The van der Waals surface area contributed by atoms with Gasteiger partial charge < -0.3 is 5.73 Å². The van der Waals surface area contributed by atoms with Gasteiger partial charge in [-0.2, -0.15) is 5.10 Å². The molecule has 0 spiro atoms. The molecule has 1 heterocycles. The Labute approximate surface area is 78.9 Å². The summed E-state index contributed by atoms with van der Waals surface area (Å²) in [5.74, 6) is 0.654. The van der Waals surface area contributed by atoms with Crippen LogP contribution >= 0.6 is 0 Å². The molecule has 72 valence electrons. The van der Waals surface area contributed by atoms with Crippen LogP contribution in [0.5, 0.6) is 0 Å². The number of aromatic nitrogens is 2. The van der Waals surface area contributed by atoms with Crippen molar-refractivity contribution >= 4 is 0 Å². The standard InChI is InChI=1S/C10H17N3/c1-7(2)6-13-10-4-3-9(11)8(10)5-12-13/h5,7,9H,3-4,6,11H2,1-2H3/t9-/m1/s1. The molecule has 0 amide bonds. The molecule has 0 fully saturated rings. The smallest absolute Gasteiger partial charge is 0.0540 e. The van der Waals surface area contributed by atoms with E-state index in [-0.39, 0.29) is 6.04 Å². The van der Waals surface area contributed by atoms with Crippen molar-refractivity contribution in [3.63, 3.8) is 0 Å². The van der Waals surface area contributed by atoms with E-state index in [0.717, 1.165) is 19.4 Å². The molecule has 0 saturated carbocycles. The van der Waals surface area contributed by atoms with Crippen LogP contribution in [-0.2, 0) is 13.0 Å². The lowest BCUT2D eigenvalue weighted by Crippen LogP contribution is -2.08. The first kappa shape index (κ1) is 8.75. The van der Waals surface area contributed by atoms with Gasteiger partial charge in [-0.1, -0.05) is 13.8 Å². The highest BCUT2D eigenvalue weighted by Crippen LogP contribution is 2.28. The van der Waals surface area contributed by atoms with Gasteiger partial charge in [-0.15, -0.1) is 0 Å². The molecule has 0 radical (unpaired) electrons. The van der Waals surface area contributed by atoms with Crippen molar-refractivity contribution in [3.8, 4) is 0 Å². The minimum atomic E-state index is 0.232. The molecule has 0 aliphatic heterocycles. The number of hydrogen-bond acceptors (Lipinski definition) is 2. The second-order valence-corrected chi connectivity index (χ2v) is 4.27. The Hall–Kier alpha value is -0.830. The normalized spacial score (nSPS) is 21.1. The van der Waals surface area contributed by atoms with Crippen molar-refractivity contribution in [1.82, 2.24) is 9.78 Å². The first-order valence-electron chi connectivity index (χ1n) is 4.98. The molecule has 1 aromatic rings. The SMILES string of the molecule is CC(C)Cn1ncc2c1CC[C@H]2N. The second-order valence-electron chi connectivity index (χ2n) is 4.27. The Kier molecular flexibility index (Phi) is 2.12. The highest BCUT2D eigenvalue weighted by Gasteiger charge is 2.23. The van der Waals surface area contributed by atoms with E-state index in [1.807, 2.05) is 6.20 Å². The van der Waals surface area contributed by atoms with E-state index in [0.29, 0.717) is 5.92 Å². The van der Waals surface area contributed by atoms with Crippen molar-refractivity contribution in [3.05, 3.63) is 17.5 Å². The highest BCUT2D eigenvalue weighted by molar-refractivity contribution is 5.26. The van der Waals surface area contributed by atoms with Crippen LogP contribution in [0.25, 0.3) is 0 Å². The Morgan fingerprint density at radius 2 is 2.46 bits per heavy atom. The van der Waals surface area contributed by atoms with Crippen LogP contribution in [0.3, 0.4) is 0 Å². The summed E-state index contributed by atoms with van der Waals surface area (Å²) in [7, 11) is 0. The van der Waals surface area contributed by atoms with Gasteiger partial charge in [0.1, 0.15) is 0 Å². The van der Waals surface area contributed by atoms with Gasteiger partial charge in [0.25, 0.3) is 0 Å². The minimum absolute atomic E-state index is 0.232. The van der Waals surface area contributed by atoms with E-state index < -0.39 is 0 Å². The number of rotatable bonds is 2. The fraction of sp³-hybridized carbons (Fsp3) is 0.700. The molecule has 3 nitrogen and oxygen atoms in total. The average molecular weight is 179 g/mol. The molecule has 2 rings (SSSR count). The third-order valence-corrected chi connectivity index (χ3v) is 2.61. The molecule has 0 aromatic carbocycles. The molecule has 13 heavy (non-hydrogen) atoms. The molecule has 1 atom stereocenters. The van der Waals surface area contributed by atoms with Crippen LogP contribution in [0.15, 0.2) is 6.20 Å². The summed E-state index contributed by atoms with van der Waals surface area (Å²) >= 11 is 0. The predicted molar refractivity (Wildman–Crippen MR) is 52.3 cm³/mol. The van der Waals surface area contributed by atoms with E-state index in [1.165, 1.54) is 11.3 Å². The molecule has 0 bridgehead atoms. The lowest BCUT2D eigenvalue weighted by atomic mass is 10.2. The third-order valence-electron chi connectivity index (χ3n) is 2.61. The summed E-state index contributed by atoms with van der Waals surface area (Å²) in [6.07, 6.45) is 4.13. The van der Waals surface area contributed by atoms with Gasteiger partial charge in [-0.05, 0) is 18.8 Å². The van der Waals surface area contributed by atoms with Gasteiger partial charge in [0.2, 0.25) is 0 Å². The zero-order valence-corrected chi connectivity index (χ0v) is 8.33. The highest BCUT2D eigenvalue weighted by atomic mass is 15.3. The van der Waals surface area contributed by atoms with Crippen LogP contribution in [0.1, 0.15) is 37.6 Å². The van der Waals surface area contributed by atoms with Crippen molar-refractivity contribution in [2.45, 2.75) is 39.3 Å². The summed E-state index contributed by atoms with van der Waals surface area (Å²) < 4.78 is 2.12. The monoisotopic (exact) mass is 179 g/mol. The van der Waals surface area contributed by atoms with Crippen molar-refractivity contribution in [2.24, 2.45) is 11.7 Å². The van der Waals surface area contributed by atoms with Crippen LogP contribution in [0.4, 0.5) is 0 Å². The number of nitrogens with zero attached hydrogens (tertiary/aromatic N) is 2. The number of hydrogen-bond donors (Lipinski definition) is 1. The summed E-state index contributed by atoms with van der Waals surface area (Å²) in [5, 5.41) is 4.37. The lowest BCUT2D eigenvalue weighted by Gasteiger charge is -2.07. The maximum absolute atomic E-state index is 5.94. The molecule has 3 heteroatoms. The molecule has 1 aliphatic carbocycles. The van der Waals surface area contributed by atoms with Gasteiger partial charge in [0, 0.05) is 23.8 Å². The maximum Gasteiger partial charge on any atom is 0.0540 e. The van der Waals surface area contributed by atoms with E-state index in [4.69, 9.17) is 5.73 Å². The lowest BCUT2D eigenvalue weighted by molar-refractivity contribution is 0.469. The Bertz CT molecular complexity index is 301. The quantitative estimate of drug-likeness (QED) is 0.747. The van der Waals surface area contributed by atoms with Crippen LogP contribution in [0, 0.1) is 5.92 Å². The van der Waals surface area contributed by atoms with Gasteiger partial charge in [0.15, 0.2) is 0 Å².